The second-order valence-corrected chi connectivity index (χ2v) is 9.66. The molecular formula is C30H36N2O. The topological polar surface area (TPSA) is 33.3 Å². The Hall–Kier alpha value is -2.62. The molecule has 5 rings (SSSR count). The van der Waals surface area contributed by atoms with Crippen LogP contribution in [0.2, 0.25) is 0 Å². The fourth-order valence-electron chi connectivity index (χ4n) is 6.25. The van der Waals surface area contributed by atoms with E-state index in [1.807, 2.05) is 6.07 Å². The van der Waals surface area contributed by atoms with Crippen LogP contribution in [0.15, 0.2) is 84.9 Å². The third-order valence-electron chi connectivity index (χ3n) is 7.83. The molecule has 2 N–H and O–H groups in total. The Labute approximate surface area is 198 Å². The number of hydrogen-bond acceptors (Lipinski definition) is 3. The predicted molar refractivity (Wildman–Crippen MR) is 136 cm³/mol. The summed E-state index contributed by atoms with van der Waals surface area (Å²) in [6, 6.07) is 31.3. The molecule has 172 valence electrons. The molecule has 3 nitrogen and oxygen atoms in total. The number of para-hydroxylation sites is 1. The van der Waals surface area contributed by atoms with Gasteiger partial charge in [-0.25, -0.2) is 0 Å². The third kappa shape index (κ3) is 4.85. The highest BCUT2D eigenvalue weighted by atomic mass is 16.5. The van der Waals surface area contributed by atoms with Crippen LogP contribution in [-0.4, -0.2) is 25.7 Å². The number of piperidine rings is 1. The Kier molecular flexibility index (Phi) is 7.09. The lowest BCUT2D eigenvalue weighted by molar-refractivity contribution is 0.0982. The molecule has 0 spiro atoms. The highest BCUT2D eigenvalue weighted by molar-refractivity contribution is 5.36. The molecule has 4 atom stereocenters. The van der Waals surface area contributed by atoms with Gasteiger partial charge in [-0.1, -0.05) is 91.7 Å². The zero-order valence-electron chi connectivity index (χ0n) is 19.6. The maximum absolute atomic E-state index is 5.65. The summed E-state index contributed by atoms with van der Waals surface area (Å²) in [5, 5.41) is 8.08. The maximum atomic E-state index is 5.65. The molecular weight excluding hydrogens is 404 g/mol. The zero-order valence-corrected chi connectivity index (χ0v) is 19.6. The number of benzene rings is 3. The highest BCUT2D eigenvalue weighted by Gasteiger charge is 2.43. The van der Waals surface area contributed by atoms with Crippen LogP contribution in [0.25, 0.3) is 0 Å². The lowest BCUT2D eigenvalue weighted by Crippen LogP contribution is -2.62. The van der Waals surface area contributed by atoms with E-state index in [1.54, 1.807) is 7.11 Å². The number of ether oxygens (including phenoxy) is 1. The summed E-state index contributed by atoms with van der Waals surface area (Å²) in [7, 11) is 1.77. The van der Waals surface area contributed by atoms with Crippen LogP contribution < -0.4 is 15.4 Å². The fraction of sp³-hybridized carbons (Fsp3) is 0.400. The SMILES string of the molecule is COc1ccccc1CNC1C2CCCCC2CNC1C(c1ccccc1)c1ccccc1. The lowest BCUT2D eigenvalue weighted by Gasteiger charge is -2.49. The van der Waals surface area contributed by atoms with Crippen molar-refractivity contribution in [3.05, 3.63) is 102 Å². The van der Waals surface area contributed by atoms with E-state index < -0.39 is 0 Å². The monoisotopic (exact) mass is 440 g/mol. The smallest absolute Gasteiger partial charge is 0.123 e. The molecule has 1 heterocycles. The Morgan fingerprint density at radius 1 is 0.848 bits per heavy atom. The van der Waals surface area contributed by atoms with E-state index in [0.29, 0.717) is 23.9 Å². The van der Waals surface area contributed by atoms with Crippen LogP contribution in [-0.2, 0) is 6.54 Å². The average molecular weight is 441 g/mol. The maximum Gasteiger partial charge on any atom is 0.123 e. The van der Waals surface area contributed by atoms with Crippen molar-refractivity contribution in [1.82, 2.24) is 10.6 Å². The van der Waals surface area contributed by atoms with Gasteiger partial charge in [0.05, 0.1) is 7.11 Å². The van der Waals surface area contributed by atoms with E-state index in [4.69, 9.17) is 4.74 Å². The van der Waals surface area contributed by atoms with Crippen molar-refractivity contribution < 1.29 is 4.74 Å². The van der Waals surface area contributed by atoms with Crippen molar-refractivity contribution in [2.75, 3.05) is 13.7 Å². The van der Waals surface area contributed by atoms with Crippen LogP contribution in [0.5, 0.6) is 5.75 Å². The minimum absolute atomic E-state index is 0.311. The fourth-order valence-corrected chi connectivity index (χ4v) is 6.25. The summed E-state index contributed by atoms with van der Waals surface area (Å²) in [6.45, 7) is 1.95. The first-order valence-electron chi connectivity index (χ1n) is 12.5. The van der Waals surface area contributed by atoms with E-state index in [1.165, 1.54) is 42.4 Å². The van der Waals surface area contributed by atoms with Gasteiger partial charge < -0.3 is 15.4 Å². The summed E-state index contributed by atoms with van der Waals surface area (Å²) >= 11 is 0. The molecule has 3 aromatic rings. The van der Waals surface area contributed by atoms with Crippen molar-refractivity contribution in [3.8, 4) is 5.75 Å². The van der Waals surface area contributed by atoms with Crippen molar-refractivity contribution >= 4 is 0 Å². The van der Waals surface area contributed by atoms with Crippen molar-refractivity contribution in [3.63, 3.8) is 0 Å². The second-order valence-electron chi connectivity index (χ2n) is 9.66. The molecule has 0 aromatic heterocycles. The van der Waals surface area contributed by atoms with Gasteiger partial charge in [0.2, 0.25) is 0 Å². The van der Waals surface area contributed by atoms with Gasteiger partial charge in [-0.2, -0.15) is 0 Å². The summed E-state index contributed by atoms with van der Waals surface area (Å²) < 4.78 is 5.65. The van der Waals surface area contributed by atoms with Gasteiger partial charge in [0, 0.05) is 30.1 Å². The van der Waals surface area contributed by atoms with E-state index in [2.05, 4.69) is 89.5 Å². The molecule has 0 radical (unpaired) electrons. The molecule has 1 saturated carbocycles. The minimum atomic E-state index is 0.311. The molecule has 33 heavy (non-hydrogen) atoms. The Balaban J connectivity index is 1.49. The van der Waals surface area contributed by atoms with Crippen LogP contribution in [0, 0.1) is 11.8 Å². The number of fused-ring (bicyclic) bond motifs is 1. The molecule has 1 aliphatic heterocycles. The number of hydrogen-bond donors (Lipinski definition) is 2. The first-order valence-corrected chi connectivity index (χ1v) is 12.5. The normalized spacial score (nSPS) is 24.9. The van der Waals surface area contributed by atoms with E-state index in [9.17, 15) is 0 Å². The lowest BCUT2D eigenvalue weighted by atomic mass is 9.67. The first kappa shape index (κ1) is 22.2. The Bertz CT molecular complexity index is 967. The van der Waals surface area contributed by atoms with Crippen LogP contribution in [0.3, 0.4) is 0 Å². The predicted octanol–water partition coefficient (Wildman–Crippen LogP) is 5.76. The largest absolute Gasteiger partial charge is 0.496 e. The zero-order chi connectivity index (χ0) is 22.5. The molecule has 3 aromatic carbocycles. The second kappa shape index (κ2) is 10.5. The molecule has 0 amide bonds. The molecule has 2 aliphatic rings. The Morgan fingerprint density at radius 2 is 1.48 bits per heavy atom. The van der Waals surface area contributed by atoms with Gasteiger partial charge in [0.15, 0.2) is 0 Å². The summed E-state index contributed by atoms with van der Waals surface area (Å²) in [5.41, 5.74) is 4.01. The number of rotatable bonds is 7. The van der Waals surface area contributed by atoms with Crippen molar-refractivity contribution in [1.29, 1.82) is 0 Å². The summed E-state index contributed by atoms with van der Waals surface area (Å²) in [6.07, 6.45) is 5.39. The number of nitrogens with one attached hydrogen (secondary N) is 2. The molecule has 3 heteroatoms. The minimum Gasteiger partial charge on any atom is -0.496 e. The summed E-state index contributed by atoms with van der Waals surface area (Å²) in [4.78, 5) is 0. The summed E-state index contributed by atoms with van der Waals surface area (Å²) in [5.74, 6) is 2.74. The standard InChI is InChI=1S/C30H36N2O/c1-33-27-19-11-9-17-25(27)21-31-29-26-18-10-8-16-24(26)20-32-30(29)28(22-12-4-2-5-13-22)23-14-6-3-7-15-23/h2-7,9,11-15,17,19,24,26,28-32H,8,10,16,18,20-21H2,1H3. The van der Waals surface area contributed by atoms with Crippen molar-refractivity contribution in [2.45, 2.75) is 50.2 Å². The molecule has 1 aliphatic carbocycles. The van der Waals surface area contributed by atoms with Crippen LogP contribution in [0.1, 0.15) is 48.3 Å². The van der Waals surface area contributed by atoms with Gasteiger partial charge in [0.1, 0.15) is 5.75 Å². The van der Waals surface area contributed by atoms with E-state index in [-0.39, 0.29) is 0 Å². The van der Waals surface area contributed by atoms with Gasteiger partial charge in [-0.05, 0) is 48.4 Å². The van der Waals surface area contributed by atoms with E-state index in [0.717, 1.165) is 24.8 Å². The van der Waals surface area contributed by atoms with Crippen molar-refractivity contribution in [2.24, 2.45) is 11.8 Å². The van der Waals surface area contributed by atoms with Gasteiger partial charge in [-0.15, -0.1) is 0 Å². The highest BCUT2D eigenvalue weighted by Crippen LogP contribution is 2.41. The third-order valence-corrected chi connectivity index (χ3v) is 7.83. The van der Waals surface area contributed by atoms with Gasteiger partial charge in [-0.3, -0.25) is 0 Å². The van der Waals surface area contributed by atoms with Crippen LogP contribution in [0.4, 0.5) is 0 Å². The Morgan fingerprint density at radius 3 is 2.18 bits per heavy atom. The average Bonchev–Trinajstić information content (AvgIpc) is 2.89. The quantitative estimate of drug-likeness (QED) is 0.490. The molecule has 1 saturated heterocycles. The van der Waals surface area contributed by atoms with Gasteiger partial charge >= 0.3 is 0 Å². The van der Waals surface area contributed by atoms with E-state index >= 15 is 0 Å². The van der Waals surface area contributed by atoms with Gasteiger partial charge in [0.25, 0.3) is 0 Å². The van der Waals surface area contributed by atoms with Crippen LogP contribution >= 0.6 is 0 Å². The molecule has 2 fully saturated rings. The first-order chi connectivity index (χ1) is 16.3. The molecule has 4 unspecified atom stereocenters. The molecule has 0 bridgehead atoms. The number of methoxy groups -OCH3 is 1.